The van der Waals surface area contributed by atoms with E-state index >= 15 is 0 Å². The van der Waals surface area contributed by atoms with Crippen LogP contribution in [0.1, 0.15) is 0 Å². The Morgan fingerprint density at radius 1 is 0.467 bits per heavy atom. The molecule has 0 radical (unpaired) electrons. The molecule has 15 heavy (non-hydrogen) atoms. The van der Waals surface area contributed by atoms with Crippen LogP contribution in [0.15, 0.2) is 0 Å². The minimum atomic E-state index is 0. The molecular formula is C6Ba2FeN6-4. The summed E-state index contributed by atoms with van der Waals surface area (Å²) < 4.78 is 0. The van der Waals surface area contributed by atoms with E-state index in [1.165, 1.54) is 0 Å². The first kappa shape index (κ1) is 57.6. The van der Waals surface area contributed by atoms with Crippen molar-refractivity contribution in [1.29, 1.82) is 31.6 Å². The van der Waals surface area contributed by atoms with Crippen LogP contribution in [0.3, 0.4) is 0 Å². The molecular weight excluding hydrogens is 487 g/mol. The van der Waals surface area contributed by atoms with Crippen LogP contribution in [0.4, 0.5) is 0 Å². The first-order chi connectivity index (χ1) is 7.00. The molecule has 0 spiro atoms. The van der Waals surface area contributed by atoms with Crippen LogP contribution in [-0.2, 0) is 6.61 Å². The molecule has 0 saturated heterocycles. The normalized spacial score (nSPS) is 1.27. The standard InChI is InChI=1S/6CN.2Ba.Fe/c6*1-2;;;/q6*-1;;+2;. The van der Waals surface area contributed by atoms with E-state index in [0.717, 1.165) is 42.3 Å². The zero-order chi connectivity index (χ0) is 14.0. The predicted molar refractivity (Wildman–Crippen MR) is 41.3 cm³/mol. The Labute approximate surface area is 165 Å². The van der Waals surface area contributed by atoms with E-state index in [4.69, 9.17) is 71.0 Å². The fourth-order valence-corrected chi connectivity index (χ4v) is 0. The summed E-state index contributed by atoms with van der Waals surface area (Å²) in [7, 11) is 0. The van der Waals surface area contributed by atoms with E-state index in [1.54, 1.807) is 0 Å². The van der Waals surface area contributed by atoms with E-state index in [1.807, 2.05) is 0 Å². The van der Waals surface area contributed by atoms with Gasteiger partial charge < -0.3 is 71.0 Å². The zero-order valence-corrected chi connectivity index (χ0v) is 17.4. The van der Waals surface area contributed by atoms with Crippen LogP contribution in [0.2, 0.25) is 0 Å². The third kappa shape index (κ3) is 6390. The van der Waals surface area contributed by atoms with Crippen LogP contribution in [0, 0.1) is 71.0 Å². The van der Waals surface area contributed by atoms with Gasteiger partial charge in [0.25, 0.3) is 0 Å². The maximum absolute atomic E-state index is 6.25. The maximum atomic E-state index is 6.25. The van der Waals surface area contributed by atoms with E-state index in [9.17, 15) is 0 Å². The van der Waals surface area contributed by atoms with Gasteiger partial charge in [-0.15, -0.1) is 0 Å². The van der Waals surface area contributed by atoms with Gasteiger partial charge in [-0.3, -0.25) is 0 Å². The Balaban J connectivity index is -0.00000000628. The molecule has 0 amide bonds. The van der Waals surface area contributed by atoms with Crippen molar-refractivity contribution in [2.75, 3.05) is 0 Å². The molecule has 0 unspecified atom stereocenters. The third-order valence-corrected chi connectivity index (χ3v) is 0. The summed E-state index contributed by atoms with van der Waals surface area (Å²) in [4.78, 5) is 0. The molecule has 0 fully saturated rings. The fourth-order valence-electron chi connectivity index (χ4n) is 0. The minimum absolute atomic E-state index is 0. The topological polar surface area (TPSA) is 143 Å². The summed E-state index contributed by atoms with van der Waals surface area (Å²) in [6.45, 7) is 31.9. The number of hydrogen-bond donors (Lipinski definition) is 0. The molecule has 0 aromatic carbocycles. The summed E-state index contributed by atoms with van der Waals surface area (Å²) in [5, 5.41) is 37.5. The predicted octanol–water partition coefficient (Wildman–Crippen LogP) is -0.186. The molecule has 0 aliphatic carbocycles. The van der Waals surface area contributed by atoms with Crippen molar-refractivity contribution in [3.05, 3.63) is 39.4 Å². The second-order valence-corrected chi connectivity index (χ2v) is 0. The molecule has 0 heterocycles. The molecule has 0 N–H and O–H groups in total. The van der Waals surface area contributed by atoms with E-state index in [-0.39, 0.29) is 48.9 Å². The number of nitrogens with zero attached hydrogens (tertiary/aromatic N) is 6. The van der Waals surface area contributed by atoms with Gasteiger partial charge >= 0.3 is 97.8 Å². The summed E-state index contributed by atoms with van der Waals surface area (Å²) in [6.07, 6.45) is 0. The SMILES string of the molecule is [Ba+2].[C-]#N.[C-]#N.[C-]#N.[C-]#N.[C-]#N.[C-]#N.[Fe]=[Ba]. The molecule has 0 bridgehead atoms. The molecule has 0 aromatic heterocycles. The Bertz CT molecular complexity index is 112. The fraction of sp³-hybridized carbons (Fsp3) is 0. The van der Waals surface area contributed by atoms with Crippen molar-refractivity contribution in [2.45, 2.75) is 0 Å². The average molecular weight is 487 g/mol. The van der Waals surface area contributed by atoms with Crippen molar-refractivity contribution in [1.82, 2.24) is 0 Å². The monoisotopic (exact) mass is 488 g/mol. The summed E-state index contributed by atoms with van der Waals surface area (Å²) in [5.74, 6) is 0. The van der Waals surface area contributed by atoms with E-state index in [2.05, 4.69) is 6.61 Å². The first-order valence-corrected chi connectivity index (χ1v) is 8.85. The van der Waals surface area contributed by atoms with Crippen LogP contribution < -0.4 is 0 Å². The molecule has 70 valence electrons. The van der Waals surface area contributed by atoms with Gasteiger partial charge in [0.15, 0.2) is 0 Å². The Hall–Kier alpha value is 0.602. The van der Waals surface area contributed by atoms with Gasteiger partial charge in [-0.05, 0) is 0 Å². The van der Waals surface area contributed by atoms with Crippen LogP contribution in [0.25, 0.3) is 0 Å². The summed E-state index contributed by atoms with van der Waals surface area (Å²) >= 11 is 0.778. The Kier molecular flexibility index (Phi) is 28600. The van der Waals surface area contributed by atoms with Gasteiger partial charge in [0.2, 0.25) is 0 Å². The molecule has 9 heteroatoms. The van der Waals surface area contributed by atoms with Crippen LogP contribution in [0.5, 0.6) is 0 Å². The van der Waals surface area contributed by atoms with Crippen LogP contribution >= 0.6 is 0 Å². The van der Waals surface area contributed by atoms with Crippen LogP contribution in [-0.4, -0.2) is 91.2 Å². The summed E-state index contributed by atoms with van der Waals surface area (Å²) in [6, 6.07) is 0. The van der Waals surface area contributed by atoms with Crippen molar-refractivity contribution in [3.8, 4) is 0 Å². The Morgan fingerprint density at radius 3 is 0.467 bits per heavy atom. The van der Waals surface area contributed by atoms with Gasteiger partial charge in [-0.1, -0.05) is 0 Å². The van der Waals surface area contributed by atoms with E-state index < -0.39 is 0 Å². The van der Waals surface area contributed by atoms with Gasteiger partial charge in [0.1, 0.15) is 0 Å². The zero-order valence-electron chi connectivity index (χ0n) is 7.45. The second kappa shape index (κ2) is 7450. The molecule has 0 aromatic rings. The van der Waals surface area contributed by atoms with E-state index in [0.29, 0.717) is 0 Å². The molecule has 0 saturated carbocycles. The van der Waals surface area contributed by atoms with Crippen molar-refractivity contribution >= 4 is 91.2 Å². The third-order valence-electron chi connectivity index (χ3n) is 0. The molecule has 0 aliphatic rings. The van der Waals surface area contributed by atoms with Gasteiger partial charge in [-0.25, -0.2) is 0 Å². The number of rotatable bonds is 0. The second-order valence-electron chi connectivity index (χ2n) is 0. The van der Waals surface area contributed by atoms with Gasteiger partial charge in [-0.2, -0.15) is 0 Å². The van der Waals surface area contributed by atoms with Crippen molar-refractivity contribution in [3.63, 3.8) is 0 Å². The molecule has 6 nitrogen and oxygen atoms in total. The van der Waals surface area contributed by atoms with Crippen molar-refractivity contribution < 1.29 is 6.61 Å². The molecule has 0 atom stereocenters. The average Bonchev–Trinajstić information content (AvgIpc) is 2.45. The quantitative estimate of drug-likeness (QED) is 0.343. The molecule has 0 rings (SSSR count). The number of hydrogen-bond acceptors (Lipinski definition) is 6. The molecule has 0 aliphatic heterocycles. The van der Waals surface area contributed by atoms with Gasteiger partial charge in [0, 0.05) is 0 Å². The summed E-state index contributed by atoms with van der Waals surface area (Å²) in [5.41, 5.74) is 0. The first-order valence-electron chi connectivity index (χ1n) is 1.59. The Morgan fingerprint density at radius 2 is 0.467 bits per heavy atom. The van der Waals surface area contributed by atoms with Gasteiger partial charge in [0.05, 0.1) is 0 Å². The van der Waals surface area contributed by atoms with Crippen molar-refractivity contribution in [2.24, 2.45) is 0 Å².